The smallest absolute Gasteiger partial charge is 0.251 e. The predicted octanol–water partition coefficient (Wildman–Crippen LogP) is 3.75. The molecule has 0 amide bonds. The van der Waals surface area contributed by atoms with Gasteiger partial charge in [-0.25, -0.2) is 4.39 Å². The average Bonchev–Trinajstić information content (AvgIpc) is 2.69. The van der Waals surface area contributed by atoms with E-state index in [4.69, 9.17) is 0 Å². The van der Waals surface area contributed by atoms with Gasteiger partial charge in [0.05, 0.1) is 6.20 Å². The lowest BCUT2D eigenvalue weighted by Gasteiger charge is -2.29. The maximum absolute atomic E-state index is 13.7. The Morgan fingerprint density at radius 2 is 1.92 bits per heavy atom. The van der Waals surface area contributed by atoms with E-state index in [2.05, 4.69) is 43.6 Å². The van der Waals surface area contributed by atoms with E-state index in [1.807, 2.05) is 12.1 Å². The third-order valence-corrected chi connectivity index (χ3v) is 4.56. The molecule has 0 aliphatic carbocycles. The van der Waals surface area contributed by atoms with E-state index in [0.717, 1.165) is 25.1 Å². The Kier molecular flexibility index (Phi) is 4.73. The van der Waals surface area contributed by atoms with E-state index in [0.29, 0.717) is 30.3 Å². The maximum Gasteiger partial charge on any atom is 0.251 e. The Hall–Kier alpha value is -3.02. The lowest BCUT2D eigenvalue weighted by Crippen LogP contribution is -2.26. The van der Waals surface area contributed by atoms with Crippen molar-refractivity contribution in [2.75, 3.05) is 23.3 Å². The van der Waals surface area contributed by atoms with Gasteiger partial charge in [-0.15, -0.1) is 5.10 Å². The summed E-state index contributed by atoms with van der Waals surface area (Å²) in [5, 5.41) is 11.5. The van der Waals surface area contributed by atoms with E-state index in [1.54, 1.807) is 18.3 Å². The Morgan fingerprint density at radius 3 is 2.85 bits per heavy atom. The van der Waals surface area contributed by atoms with Gasteiger partial charge >= 0.3 is 0 Å². The van der Waals surface area contributed by atoms with E-state index >= 15 is 0 Å². The second kappa shape index (κ2) is 7.47. The highest BCUT2D eigenvalue weighted by molar-refractivity contribution is 5.63. The van der Waals surface area contributed by atoms with Crippen molar-refractivity contribution < 1.29 is 4.39 Å². The zero-order chi connectivity index (χ0) is 17.8. The lowest BCUT2D eigenvalue weighted by atomic mass is 10.0. The van der Waals surface area contributed by atoms with Crippen LogP contribution in [0.5, 0.6) is 0 Å². The van der Waals surface area contributed by atoms with E-state index in [-0.39, 0.29) is 5.82 Å². The molecule has 132 valence electrons. The standard InChI is InChI=1S/C20H20FN5/c21-17-9-3-1-6-15(17)11-12-22-19-14-23-25-20(24-19)26-13-5-8-16-7-2-4-10-18(16)26/h1-4,6-7,9-10,14H,5,8,11-13H2,(H,22,24,25). The summed E-state index contributed by atoms with van der Waals surface area (Å²) in [5.41, 5.74) is 3.14. The molecule has 0 unspecified atom stereocenters. The molecule has 2 heterocycles. The Bertz CT molecular complexity index is 899. The van der Waals surface area contributed by atoms with Gasteiger partial charge in [0.1, 0.15) is 5.82 Å². The number of hydrogen-bond donors (Lipinski definition) is 1. The largest absolute Gasteiger partial charge is 0.368 e. The van der Waals surface area contributed by atoms with Crippen molar-refractivity contribution in [2.45, 2.75) is 19.3 Å². The fraction of sp³-hybridized carbons (Fsp3) is 0.250. The zero-order valence-electron chi connectivity index (χ0n) is 14.4. The molecule has 2 aromatic carbocycles. The maximum atomic E-state index is 13.7. The average molecular weight is 349 g/mol. The molecular weight excluding hydrogens is 329 g/mol. The summed E-state index contributed by atoms with van der Waals surface area (Å²) >= 11 is 0. The number of para-hydroxylation sites is 1. The van der Waals surface area contributed by atoms with Crippen LogP contribution >= 0.6 is 0 Å². The molecule has 0 radical (unpaired) electrons. The van der Waals surface area contributed by atoms with Crippen LogP contribution in [0.4, 0.5) is 21.8 Å². The first-order valence-electron chi connectivity index (χ1n) is 8.84. The quantitative estimate of drug-likeness (QED) is 0.760. The molecule has 5 nitrogen and oxygen atoms in total. The Balaban J connectivity index is 1.47. The van der Waals surface area contributed by atoms with Crippen molar-refractivity contribution in [2.24, 2.45) is 0 Å². The summed E-state index contributed by atoms with van der Waals surface area (Å²) in [6.45, 7) is 1.45. The molecule has 0 bridgehead atoms. The molecule has 0 atom stereocenters. The molecule has 0 spiro atoms. The third kappa shape index (κ3) is 3.49. The highest BCUT2D eigenvalue weighted by Crippen LogP contribution is 2.31. The second-order valence-electron chi connectivity index (χ2n) is 6.29. The fourth-order valence-corrected chi connectivity index (χ4v) is 3.26. The number of hydrogen-bond acceptors (Lipinski definition) is 5. The van der Waals surface area contributed by atoms with Crippen LogP contribution in [0.2, 0.25) is 0 Å². The first-order chi connectivity index (χ1) is 12.8. The molecule has 6 heteroatoms. The summed E-state index contributed by atoms with van der Waals surface area (Å²) < 4.78 is 13.7. The summed E-state index contributed by atoms with van der Waals surface area (Å²) in [6, 6.07) is 15.1. The van der Waals surface area contributed by atoms with Crippen LogP contribution in [0.25, 0.3) is 0 Å². The lowest BCUT2D eigenvalue weighted by molar-refractivity contribution is 0.610. The number of nitrogens with zero attached hydrogens (tertiary/aromatic N) is 4. The molecule has 0 saturated heterocycles. The molecule has 0 saturated carbocycles. The third-order valence-electron chi connectivity index (χ3n) is 4.56. The van der Waals surface area contributed by atoms with Gasteiger partial charge in [-0.2, -0.15) is 10.1 Å². The van der Waals surface area contributed by atoms with Crippen molar-refractivity contribution in [3.05, 3.63) is 71.7 Å². The summed E-state index contributed by atoms with van der Waals surface area (Å²) in [6.07, 6.45) is 4.31. The molecule has 1 N–H and O–H groups in total. The number of anilines is 3. The highest BCUT2D eigenvalue weighted by atomic mass is 19.1. The second-order valence-corrected chi connectivity index (χ2v) is 6.29. The fourth-order valence-electron chi connectivity index (χ4n) is 3.26. The molecule has 26 heavy (non-hydrogen) atoms. The van der Waals surface area contributed by atoms with Crippen LogP contribution < -0.4 is 10.2 Å². The molecule has 1 aliphatic heterocycles. The minimum atomic E-state index is -0.180. The van der Waals surface area contributed by atoms with Crippen LogP contribution in [-0.4, -0.2) is 28.3 Å². The van der Waals surface area contributed by atoms with E-state index in [1.165, 1.54) is 11.6 Å². The van der Waals surface area contributed by atoms with Gasteiger partial charge in [0.25, 0.3) is 5.95 Å². The summed E-state index contributed by atoms with van der Waals surface area (Å²) in [5.74, 6) is 1.06. The van der Waals surface area contributed by atoms with E-state index < -0.39 is 0 Å². The van der Waals surface area contributed by atoms with Crippen LogP contribution in [0.1, 0.15) is 17.5 Å². The van der Waals surface area contributed by atoms with Crippen molar-refractivity contribution >= 4 is 17.5 Å². The minimum absolute atomic E-state index is 0.180. The van der Waals surface area contributed by atoms with Crippen LogP contribution in [0.3, 0.4) is 0 Å². The number of benzene rings is 2. The number of rotatable bonds is 5. The molecule has 1 aliphatic rings. The molecular formula is C20H20FN5. The highest BCUT2D eigenvalue weighted by Gasteiger charge is 2.20. The number of nitrogens with one attached hydrogen (secondary N) is 1. The number of halogens is 1. The van der Waals surface area contributed by atoms with Crippen molar-refractivity contribution in [3.63, 3.8) is 0 Å². The van der Waals surface area contributed by atoms with Gasteiger partial charge in [-0.1, -0.05) is 36.4 Å². The van der Waals surface area contributed by atoms with Crippen LogP contribution in [0, 0.1) is 5.82 Å². The molecule has 0 fully saturated rings. The predicted molar refractivity (Wildman–Crippen MR) is 100 cm³/mol. The summed E-state index contributed by atoms with van der Waals surface area (Å²) in [4.78, 5) is 6.70. The van der Waals surface area contributed by atoms with Crippen molar-refractivity contribution in [3.8, 4) is 0 Å². The van der Waals surface area contributed by atoms with Crippen molar-refractivity contribution in [1.29, 1.82) is 0 Å². The monoisotopic (exact) mass is 349 g/mol. The van der Waals surface area contributed by atoms with Gasteiger partial charge < -0.3 is 10.2 Å². The number of aryl methyl sites for hydroxylation is 1. The molecule has 3 aromatic rings. The number of aromatic nitrogens is 3. The van der Waals surface area contributed by atoms with Gasteiger partial charge in [0.15, 0.2) is 5.82 Å². The van der Waals surface area contributed by atoms with Crippen molar-refractivity contribution in [1.82, 2.24) is 15.2 Å². The van der Waals surface area contributed by atoms with E-state index in [9.17, 15) is 4.39 Å². The van der Waals surface area contributed by atoms with Crippen LogP contribution in [-0.2, 0) is 12.8 Å². The Labute approximate surface area is 151 Å². The van der Waals surface area contributed by atoms with Gasteiger partial charge in [0.2, 0.25) is 0 Å². The minimum Gasteiger partial charge on any atom is -0.368 e. The van der Waals surface area contributed by atoms with Gasteiger partial charge in [-0.3, -0.25) is 0 Å². The summed E-state index contributed by atoms with van der Waals surface area (Å²) in [7, 11) is 0. The first-order valence-corrected chi connectivity index (χ1v) is 8.84. The van der Waals surface area contributed by atoms with Crippen LogP contribution in [0.15, 0.2) is 54.7 Å². The van der Waals surface area contributed by atoms with Gasteiger partial charge in [0, 0.05) is 18.8 Å². The normalized spacial score (nSPS) is 13.3. The number of fused-ring (bicyclic) bond motifs is 1. The molecule has 1 aromatic heterocycles. The zero-order valence-corrected chi connectivity index (χ0v) is 14.4. The first kappa shape index (κ1) is 16.4. The SMILES string of the molecule is Fc1ccccc1CCNc1cnnc(N2CCCc3ccccc32)n1. The Morgan fingerprint density at radius 1 is 1.08 bits per heavy atom. The molecule has 4 rings (SSSR count). The van der Waals surface area contributed by atoms with Gasteiger partial charge in [-0.05, 0) is 42.5 Å². The topological polar surface area (TPSA) is 53.9 Å².